The Labute approximate surface area is 177 Å². The molecule has 0 bridgehead atoms. The van der Waals surface area contributed by atoms with Gasteiger partial charge in [-0.05, 0) is 49.2 Å². The van der Waals surface area contributed by atoms with E-state index in [9.17, 15) is 27.6 Å². The number of carbonyl (C=O) groups is 3. The Morgan fingerprint density at radius 2 is 1.90 bits per heavy atom. The Kier molecular flexibility index (Phi) is 6.33. The quantitative estimate of drug-likeness (QED) is 0.726. The number of nitrogens with zero attached hydrogens (tertiary/aromatic N) is 1. The van der Waals surface area contributed by atoms with Crippen LogP contribution < -0.4 is 10.2 Å². The molecule has 0 spiro atoms. The molecule has 1 N–H and O–H groups in total. The van der Waals surface area contributed by atoms with Crippen molar-refractivity contribution >= 4 is 29.2 Å². The molecule has 0 radical (unpaired) electrons. The van der Waals surface area contributed by atoms with Crippen molar-refractivity contribution < 1.29 is 32.3 Å². The van der Waals surface area contributed by atoms with Crippen molar-refractivity contribution in [2.75, 3.05) is 23.4 Å². The minimum absolute atomic E-state index is 0.0402. The van der Waals surface area contributed by atoms with E-state index in [-0.39, 0.29) is 24.6 Å². The number of rotatable bonds is 5. The molecule has 0 aromatic heterocycles. The van der Waals surface area contributed by atoms with E-state index >= 15 is 0 Å². The van der Waals surface area contributed by atoms with Gasteiger partial charge in [-0.15, -0.1) is 0 Å². The summed E-state index contributed by atoms with van der Waals surface area (Å²) in [5.41, 5.74) is 1.63. The third-order valence-corrected chi connectivity index (χ3v) is 4.93. The highest BCUT2D eigenvalue weighted by atomic mass is 19.4. The smallest absolute Gasteiger partial charge is 0.416 e. The Morgan fingerprint density at radius 3 is 2.61 bits per heavy atom. The van der Waals surface area contributed by atoms with Crippen molar-refractivity contribution in [1.29, 1.82) is 0 Å². The van der Waals surface area contributed by atoms with E-state index in [1.54, 1.807) is 0 Å². The number of hydrogen-bond donors (Lipinski definition) is 1. The monoisotopic (exact) mass is 434 g/mol. The van der Waals surface area contributed by atoms with Crippen LogP contribution in [0.25, 0.3) is 0 Å². The number of amides is 2. The van der Waals surface area contributed by atoms with Crippen LogP contribution in [0.1, 0.15) is 23.1 Å². The van der Waals surface area contributed by atoms with Gasteiger partial charge >= 0.3 is 12.1 Å². The average Bonchev–Trinajstić information content (AvgIpc) is 3.09. The van der Waals surface area contributed by atoms with Crippen LogP contribution >= 0.6 is 0 Å². The summed E-state index contributed by atoms with van der Waals surface area (Å²) in [5, 5.41) is 2.26. The van der Waals surface area contributed by atoms with Gasteiger partial charge in [0.25, 0.3) is 5.91 Å². The van der Waals surface area contributed by atoms with Crippen molar-refractivity contribution in [3.05, 3.63) is 59.2 Å². The van der Waals surface area contributed by atoms with Gasteiger partial charge in [-0.1, -0.05) is 18.2 Å². The number of alkyl halides is 3. The van der Waals surface area contributed by atoms with Crippen molar-refractivity contribution in [2.24, 2.45) is 5.92 Å². The molecule has 164 valence electrons. The molecule has 1 aliphatic rings. The van der Waals surface area contributed by atoms with Crippen LogP contribution in [0.4, 0.5) is 24.5 Å². The van der Waals surface area contributed by atoms with E-state index in [0.29, 0.717) is 0 Å². The van der Waals surface area contributed by atoms with E-state index in [0.717, 1.165) is 35.0 Å². The molecule has 2 aromatic carbocycles. The van der Waals surface area contributed by atoms with E-state index in [2.05, 4.69) is 5.32 Å². The zero-order chi connectivity index (χ0) is 22.8. The fourth-order valence-electron chi connectivity index (χ4n) is 3.33. The zero-order valence-electron chi connectivity index (χ0n) is 17.0. The highest BCUT2D eigenvalue weighted by Gasteiger charge is 2.37. The van der Waals surface area contributed by atoms with Crippen LogP contribution in [0.5, 0.6) is 0 Å². The third kappa shape index (κ3) is 5.42. The number of halogens is 3. The number of nitrogens with one attached hydrogen (secondary N) is 1. The molecule has 9 heteroatoms. The topological polar surface area (TPSA) is 75.7 Å². The van der Waals surface area contributed by atoms with Gasteiger partial charge in [-0.2, -0.15) is 13.2 Å². The zero-order valence-corrected chi connectivity index (χ0v) is 17.0. The van der Waals surface area contributed by atoms with Gasteiger partial charge in [0.15, 0.2) is 6.61 Å². The van der Waals surface area contributed by atoms with Crippen molar-refractivity contribution in [3.8, 4) is 0 Å². The maximum Gasteiger partial charge on any atom is 0.416 e. The first-order valence-corrected chi connectivity index (χ1v) is 9.56. The molecular weight excluding hydrogens is 413 g/mol. The lowest BCUT2D eigenvalue weighted by Crippen LogP contribution is -2.28. The standard InChI is InChI=1S/C22H21F3N2O4/c1-13-6-7-14(2)18(8-13)27-11-15(9-20(27)29)21(30)31-12-19(28)26-17-5-3-4-16(10-17)22(23,24)25/h3-8,10,15H,9,11-12H2,1-2H3,(H,26,28)/t15-/m1/s1. The van der Waals surface area contributed by atoms with Gasteiger partial charge in [0.2, 0.25) is 5.91 Å². The first kappa shape index (κ1) is 22.3. The molecule has 0 unspecified atom stereocenters. The van der Waals surface area contributed by atoms with E-state index in [4.69, 9.17) is 4.74 Å². The fraction of sp³-hybridized carbons (Fsp3) is 0.318. The number of benzene rings is 2. The lowest BCUT2D eigenvalue weighted by molar-refractivity contribution is -0.151. The number of aryl methyl sites for hydroxylation is 2. The molecule has 1 fully saturated rings. The Hall–Kier alpha value is -3.36. The summed E-state index contributed by atoms with van der Waals surface area (Å²) < 4.78 is 43.2. The summed E-state index contributed by atoms with van der Waals surface area (Å²) in [7, 11) is 0. The second-order valence-electron chi connectivity index (χ2n) is 7.43. The third-order valence-electron chi connectivity index (χ3n) is 4.93. The number of carbonyl (C=O) groups excluding carboxylic acids is 3. The van der Waals surface area contributed by atoms with E-state index in [1.807, 2.05) is 32.0 Å². The number of anilines is 2. The predicted octanol–water partition coefficient (Wildman–Crippen LogP) is 3.86. The summed E-state index contributed by atoms with van der Waals surface area (Å²) in [4.78, 5) is 38.2. The summed E-state index contributed by atoms with van der Waals surface area (Å²) in [6.07, 6.45) is -4.58. The minimum atomic E-state index is -4.54. The van der Waals surface area contributed by atoms with Crippen LogP contribution in [0.3, 0.4) is 0 Å². The summed E-state index contributed by atoms with van der Waals surface area (Å²) >= 11 is 0. The minimum Gasteiger partial charge on any atom is -0.455 e. The molecule has 6 nitrogen and oxygen atoms in total. The van der Waals surface area contributed by atoms with Crippen molar-refractivity contribution in [2.45, 2.75) is 26.4 Å². The molecular formula is C22H21F3N2O4. The average molecular weight is 434 g/mol. The van der Waals surface area contributed by atoms with Gasteiger partial charge in [0.05, 0.1) is 11.5 Å². The lowest BCUT2D eigenvalue weighted by Gasteiger charge is -2.19. The number of ether oxygens (including phenoxy) is 1. The summed E-state index contributed by atoms with van der Waals surface area (Å²) in [6, 6.07) is 9.81. The van der Waals surface area contributed by atoms with E-state index < -0.39 is 36.1 Å². The predicted molar refractivity (Wildman–Crippen MR) is 107 cm³/mol. The van der Waals surface area contributed by atoms with Crippen LogP contribution in [0.2, 0.25) is 0 Å². The molecule has 0 saturated carbocycles. The molecule has 1 saturated heterocycles. The largest absolute Gasteiger partial charge is 0.455 e. The van der Waals surface area contributed by atoms with Crippen molar-refractivity contribution in [3.63, 3.8) is 0 Å². The normalized spacial score (nSPS) is 16.4. The highest BCUT2D eigenvalue weighted by molar-refractivity contribution is 6.00. The summed E-state index contributed by atoms with van der Waals surface area (Å²) in [5.74, 6) is -2.43. The second-order valence-corrected chi connectivity index (χ2v) is 7.43. The van der Waals surface area contributed by atoms with Crippen LogP contribution in [0, 0.1) is 19.8 Å². The Bertz CT molecular complexity index is 1020. The summed E-state index contributed by atoms with van der Waals surface area (Å²) in [6.45, 7) is 3.24. The van der Waals surface area contributed by atoms with Crippen LogP contribution in [-0.4, -0.2) is 30.9 Å². The molecule has 0 aliphatic carbocycles. The molecule has 1 atom stereocenters. The molecule has 2 aromatic rings. The first-order chi connectivity index (χ1) is 14.5. The van der Waals surface area contributed by atoms with E-state index in [1.165, 1.54) is 11.0 Å². The van der Waals surface area contributed by atoms with Crippen LogP contribution in [0.15, 0.2) is 42.5 Å². The fourth-order valence-corrected chi connectivity index (χ4v) is 3.33. The number of esters is 1. The lowest BCUT2D eigenvalue weighted by atomic mass is 10.1. The van der Waals surface area contributed by atoms with Crippen molar-refractivity contribution in [1.82, 2.24) is 0 Å². The first-order valence-electron chi connectivity index (χ1n) is 9.56. The van der Waals surface area contributed by atoms with Crippen LogP contribution in [-0.2, 0) is 25.3 Å². The van der Waals surface area contributed by atoms with Gasteiger partial charge < -0.3 is 15.0 Å². The molecule has 31 heavy (non-hydrogen) atoms. The number of hydrogen-bond acceptors (Lipinski definition) is 4. The second kappa shape index (κ2) is 8.79. The van der Waals surface area contributed by atoms with Gasteiger partial charge in [0, 0.05) is 24.3 Å². The maximum atomic E-state index is 12.8. The Balaban J connectivity index is 1.56. The van der Waals surface area contributed by atoms with Gasteiger partial charge in [-0.25, -0.2) is 0 Å². The van der Waals surface area contributed by atoms with Gasteiger partial charge in [0.1, 0.15) is 0 Å². The maximum absolute atomic E-state index is 12.8. The molecule has 1 heterocycles. The highest BCUT2D eigenvalue weighted by Crippen LogP contribution is 2.31. The van der Waals surface area contributed by atoms with Gasteiger partial charge in [-0.3, -0.25) is 14.4 Å². The molecule has 1 aliphatic heterocycles. The molecule has 2 amide bonds. The Morgan fingerprint density at radius 1 is 1.16 bits per heavy atom. The SMILES string of the molecule is Cc1ccc(C)c(N2C[C@H](C(=O)OCC(=O)Nc3cccc(C(F)(F)F)c3)CC2=O)c1. The molecule has 3 rings (SSSR count).